The number of carbonyl (C=O) groups excluding carboxylic acids is 1. The van der Waals surface area contributed by atoms with Crippen molar-refractivity contribution in [1.29, 1.82) is 0 Å². The molecule has 5 nitrogen and oxygen atoms in total. The zero-order chi connectivity index (χ0) is 13.2. The molecule has 3 N–H and O–H groups in total. The summed E-state index contributed by atoms with van der Waals surface area (Å²) in [7, 11) is 0. The van der Waals surface area contributed by atoms with Crippen molar-refractivity contribution < 1.29 is 13.6 Å². The lowest BCUT2D eigenvalue weighted by atomic mass is 10.2. The molecule has 0 aliphatic heterocycles. The first-order chi connectivity index (χ1) is 8.52. The summed E-state index contributed by atoms with van der Waals surface area (Å²) in [5, 5.41) is 2.14. The highest BCUT2D eigenvalue weighted by molar-refractivity contribution is 5.94. The van der Waals surface area contributed by atoms with E-state index in [0.717, 1.165) is 0 Å². The van der Waals surface area contributed by atoms with Crippen LogP contribution >= 0.6 is 0 Å². The lowest BCUT2D eigenvalue weighted by Gasteiger charge is -2.14. The van der Waals surface area contributed by atoms with Gasteiger partial charge in [-0.3, -0.25) is 4.79 Å². The Kier molecular flexibility index (Phi) is 3.24. The van der Waals surface area contributed by atoms with Crippen LogP contribution in [0.2, 0.25) is 0 Å². The Bertz CT molecular complexity index is 567. The molecule has 96 valence electrons. The molecule has 0 aliphatic carbocycles. The molecule has 2 rings (SSSR count). The van der Waals surface area contributed by atoms with E-state index in [1.165, 1.54) is 12.3 Å². The minimum Gasteiger partial charge on any atom is -0.346 e. The standard InChI is InChI=1S/C11H12F2N4O/c12-11(13,6-14)7-16-10(18)8-1-2-9-15-3-4-17(9)5-8/h1-5H,6-7,14H2,(H,16,18). The fourth-order valence-corrected chi connectivity index (χ4v) is 1.44. The van der Waals surface area contributed by atoms with Crippen LogP contribution in [0.5, 0.6) is 0 Å². The van der Waals surface area contributed by atoms with Crippen molar-refractivity contribution in [2.75, 3.05) is 13.1 Å². The zero-order valence-electron chi connectivity index (χ0n) is 9.44. The van der Waals surface area contributed by atoms with Crippen molar-refractivity contribution >= 4 is 11.6 Å². The number of alkyl halides is 2. The molecule has 1 amide bonds. The van der Waals surface area contributed by atoms with E-state index in [4.69, 9.17) is 5.73 Å². The van der Waals surface area contributed by atoms with Gasteiger partial charge < -0.3 is 15.5 Å². The number of nitrogens with zero attached hydrogens (tertiary/aromatic N) is 2. The first kappa shape index (κ1) is 12.4. The second kappa shape index (κ2) is 4.69. The first-order valence-electron chi connectivity index (χ1n) is 5.31. The van der Waals surface area contributed by atoms with Gasteiger partial charge in [-0.2, -0.15) is 0 Å². The second-order valence-electron chi connectivity index (χ2n) is 3.85. The minimum atomic E-state index is -3.09. The first-order valence-corrected chi connectivity index (χ1v) is 5.31. The highest BCUT2D eigenvalue weighted by Crippen LogP contribution is 2.10. The van der Waals surface area contributed by atoms with E-state index in [1.807, 2.05) is 0 Å². The van der Waals surface area contributed by atoms with Gasteiger partial charge in [-0.05, 0) is 12.1 Å². The van der Waals surface area contributed by atoms with Crippen LogP contribution in [0, 0.1) is 0 Å². The van der Waals surface area contributed by atoms with E-state index in [2.05, 4.69) is 10.3 Å². The average Bonchev–Trinajstić information content (AvgIpc) is 2.83. The molecule has 0 saturated carbocycles. The van der Waals surface area contributed by atoms with Gasteiger partial charge in [-0.15, -0.1) is 0 Å². The molecule has 0 saturated heterocycles. The van der Waals surface area contributed by atoms with E-state index in [9.17, 15) is 13.6 Å². The smallest absolute Gasteiger partial charge is 0.277 e. The molecule has 7 heteroatoms. The van der Waals surface area contributed by atoms with Gasteiger partial charge in [0.2, 0.25) is 0 Å². The minimum absolute atomic E-state index is 0.285. The molecule has 0 unspecified atom stereocenters. The molecule has 0 atom stereocenters. The van der Waals surface area contributed by atoms with Crippen molar-refractivity contribution in [3.63, 3.8) is 0 Å². The number of amides is 1. The molecule has 18 heavy (non-hydrogen) atoms. The van der Waals surface area contributed by atoms with Crippen LogP contribution in [0.4, 0.5) is 8.78 Å². The molecule has 2 heterocycles. The zero-order valence-corrected chi connectivity index (χ0v) is 9.44. The summed E-state index contributed by atoms with van der Waals surface area (Å²) in [6, 6.07) is 3.16. The Balaban J connectivity index is 2.08. The van der Waals surface area contributed by atoms with Gasteiger partial charge in [0, 0.05) is 18.6 Å². The number of nitrogens with one attached hydrogen (secondary N) is 1. The monoisotopic (exact) mass is 254 g/mol. The summed E-state index contributed by atoms with van der Waals surface area (Å²) >= 11 is 0. The van der Waals surface area contributed by atoms with Crippen LogP contribution in [0.25, 0.3) is 5.65 Å². The number of fused-ring (bicyclic) bond motifs is 1. The third-order valence-corrected chi connectivity index (χ3v) is 2.46. The average molecular weight is 254 g/mol. The summed E-state index contributed by atoms with van der Waals surface area (Å²) in [4.78, 5) is 15.7. The van der Waals surface area contributed by atoms with Crippen molar-refractivity contribution in [2.24, 2.45) is 5.73 Å². The van der Waals surface area contributed by atoms with E-state index in [1.54, 1.807) is 22.9 Å². The maximum Gasteiger partial charge on any atom is 0.277 e. The summed E-state index contributed by atoms with van der Waals surface area (Å²) in [6.45, 7) is -1.57. The van der Waals surface area contributed by atoms with Gasteiger partial charge >= 0.3 is 0 Å². The maximum absolute atomic E-state index is 12.9. The van der Waals surface area contributed by atoms with Crippen LogP contribution in [0.3, 0.4) is 0 Å². The molecule has 0 fully saturated rings. The van der Waals surface area contributed by atoms with Crippen LogP contribution in [0.15, 0.2) is 30.7 Å². The fourth-order valence-electron chi connectivity index (χ4n) is 1.44. The molecular weight excluding hydrogens is 242 g/mol. The highest BCUT2D eigenvalue weighted by atomic mass is 19.3. The van der Waals surface area contributed by atoms with Gasteiger partial charge in [-0.25, -0.2) is 13.8 Å². The van der Waals surface area contributed by atoms with Crippen LogP contribution < -0.4 is 11.1 Å². The molecular formula is C11H12F2N4O. The fraction of sp³-hybridized carbons (Fsp3) is 0.273. The van der Waals surface area contributed by atoms with Gasteiger partial charge in [0.1, 0.15) is 5.65 Å². The SMILES string of the molecule is NCC(F)(F)CNC(=O)c1ccc2nccn2c1. The molecule has 0 aromatic carbocycles. The topological polar surface area (TPSA) is 72.4 Å². The number of carbonyl (C=O) groups is 1. The maximum atomic E-state index is 12.9. The van der Waals surface area contributed by atoms with E-state index >= 15 is 0 Å². The number of aromatic nitrogens is 2. The summed E-state index contributed by atoms with van der Waals surface area (Å²) in [6.07, 6.45) is 4.78. The normalized spacial score (nSPS) is 11.7. The molecule has 0 radical (unpaired) electrons. The van der Waals surface area contributed by atoms with E-state index in [0.29, 0.717) is 5.65 Å². The summed E-state index contributed by atoms with van der Waals surface area (Å²) in [5.41, 5.74) is 5.84. The van der Waals surface area contributed by atoms with Gasteiger partial charge in [0.05, 0.1) is 18.7 Å². The van der Waals surface area contributed by atoms with Crippen molar-refractivity contribution in [2.45, 2.75) is 5.92 Å². The number of imidazole rings is 1. The Morgan fingerprint density at radius 1 is 1.50 bits per heavy atom. The number of hydrogen-bond donors (Lipinski definition) is 2. The largest absolute Gasteiger partial charge is 0.346 e. The summed E-state index contributed by atoms with van der Waals surface area (Å²) in [5.74, 6) is -3.66. The third-order valence-electron chi connectivity index (χ3n) is 2.46. The van der Waals surface area contributed by atoms with E-state index < -0.39 is 24.9 Å². The molecule has 0 aliphatic rings. The quantitative estimate of drug-likeness (QED) is 0.841. The Morgan fingerprint density at radius 3 is 3.00 bits per heavy atom. The van der Waals surface area contributed by atoms with Crippen LogP contribution in [-0.2, 0) is 0 Å². The molecule has 0 spiro atoms. The Morgan fingerprint density at radius 2 is 2.28 bits per heavy atom. The lowest BCUT2D eigenvalue weighted by molar-refractivity contribution is 0.0118. The summed E-state index contributed by atoms with van der Waals surface area (Å²) < 4.78 is 27.4. The highest BCUT2D eigenvalue weighted by Gasteiger charge is 2.27. The Labute approximate surface area is 102 Å². The predicted molar refractivity (Wildman–Crippen MR) is 61.5 cm³/mol. The van der Waals surface area contributed by atoms with E-state index in [-0.39, 0.29) is 5.56 Å². The predicted octanol–water partition coefficient (Wildman–Crippen LogP) is 0.658. The number of pyridine rings is 1. The number of hydrogen-bond acceptors (Lipinski definition) is 3. The van der Waals surface area contributed by atoms with Crippen molar-refractivity contribution in [3.8, 4) is 0 Å². The number of nitrogens with two attached hydrogens (primary N) is 1. The Hall–Kier alpha value is -2.02. The number of rotatable bonds is 4. The van der Waals surface area contributed by atoms with Crippen LogP contribution in [-0.4, -0.2) is 34.3 Å². The lowest BCUT2D eigenvalue weighted by Crippen LogP contribution is -2.41. The van der Waals surface area contributed by atoms with Gasteiger partial charge in [0.25, 0.3) is 11.8 Å². The third kappa shape index (κ3) is 2.62. The van der Waals surface area contributed by atoms with Crippen LogP contribution in [0.1, 0.15) is 10.4 Å². The van der Waals surface area contributed by atoms with Crippen molar-refractivity contribution in [3.05, 3.63) is 36.3 Å². The second-order valence-corrected chi connectivity index (χ2v) is 3.85. The number of halogens is 2. The molecule has 2 aromatic rings. The van der Waals surface area contributed by atoms with Gasteiger partial charge in [-0.1, -0.05) is 0 Å². The van der Waals surface area contributed by atoms with Gasteiger partial charge in [0.15, 0.2) is 0 Å². The van der Waals surface area contributed by atoms with Crippen molar-refractivity contribution in [1.82, 2.24) is 14.7 Å². The molecule has 0 bridgehead atoms. The molecule has 2 aromatic heterocycles.